The van der Waals surface area contributed by atoms with E-state index in [1.165, 1.54) is 12.1 Å². The second-order valence-electron chi connectivity index (χ2n) is 5.42. The number of aryl methyl sites for hydroxylation is 2. The minimum atomic E-state index is -4.73. The van der Waals surface area contributed by atoms with Gasteiger partial charge in [-0.3, -0.25) is 4.79 Å². The maximum atomic E-state index is 12.1. The normalized spacial score (nSPS) is 11.1. The highest BCUT2D eigenvalue weighted by Gasteiger charge is 2.30. The Morgan fingerprint density at radius 1 is 1.12 bits per heavy atom. The first-order valence-corrected chi connectivity index (χ1v) is 7.56. The highest BCUT2D eigenvalue weighted by atomic mass is 19.4. The van der Waals surface area contributed by atoms with Gasteiger partial charge in [-0.2, -0.15) is 0 Å². The topological polar surface area (TPSA) is 47.6 Å². The van der Waals surface area contributed by atoms with Gasteiger partial charge in [-0.1, -0.05) is 12.1 Å². The summed E-state index contributed by atoms with van der Waals surface area (Å²) in [6, 6.07) is 10.7. The lowest BCUT2D eigenvalue weighted by molar-refractivity contribution is -0.274. The van der Waals surface area contributed by atoms with Crippen LogP contribution in [0.3, 0.4) is 0 Å². The Morgan fingerprint density at radius 2 is 1.80 bits per heavy atom. The third kappa shape index (κ3) is 6.02. The van der Waals surface area contributed by atoms with Crippen LogP contribution in [0.5, 0.6) is 11.5 Å². The van der Waals surface area contributed by atoms with Crippen LogP contribution in [-0.2, 0) is 11.2 Å². The van der Waals surface area contributed by atoms with Gasteiger partial charge in [-0.15, -0.1) is 13.2 Å². The molecule has 0 radical (unpaired) electrons. The molecule has 4 nitrogen and oxygen atoms in total. The van der Waals surface area contributed by atoms with Gasteiger partial charge in [-0.25, -0.2) is 0 Å². The Kier molecular flexibility index (Phi) is 5.90. The molecule has 1 N–H and O–H groups in total. The average molecular weight is 353 g/mol. The van der Waals surface area contributed by atoms with Crippen molar-refractivity contribution in [2.75, 3.05) is 12.4 Å². The SMILES string of the molecule is COc1ccc(CCC(=O)Nc2ccc(OC(F)(F)F)cc2)cc1C. The molecule has 7 heteroatoms. The van der Waals surface area contributed by atoms with E-state index in [-0.39, 0.29) is 18.1 Å². The number of benzene rings is 2. The van der Waals surface area contributed by atoms with Gasteiger partial charge in [0.25, 0.3) is 0 Å². The molecule has 2 aromatic carbocycles. The minimum absolute atomic E-state index is 0.224. The van der Waals surface area contributed by atoms with E-state index in [1.807, 2.05) is 25.1 Å². The van der Waals surface area contributed by atoms with Crippen molar-refractivity contribution >= 4 is 11.6 Å². The smallest absolute Gasteiger partial charge is 0.496 e. The molecule has 0 saturated heterocycles. The van der Waals surface area contributed by atoms with Crippen LogP contribution < -0.4 is 14.8 Å². The Balaban J connectivity index is 1.87. The maximum Gasteiger partial charge on any atom is 0.573 e. The summed E-state index contributed by atoms with van der Waals surface area (Å²) in [5.41, 5.74) is 2.40. The third-order valence-corrected chi connectivity index (χ3v) is 3.47. The van der Waals surface area contributed by atoms with Gasteiger partial charge in [0, 0.05) is 12.1 Å². The number of rotatable bonds is 6. The Morgan fingerprint density at radius 3 is 2.36 bits per heavy atom. The van der Waals surface area contributed by atoms with Gasteiger partial charge in [-0.05, 0) is 54.8 Å². The van der Waals surface area contributed by atoms with Gasteiger partial charge in [0.05, 0.1) is 7.11 Å². The van der Waals surface area contributed by atoms with Crippen molar-refractivity contribution in [1.82, 2.24) is 0 Å². The number of amides is 1. The summed E-state index contributed by atoms with van der Waals surface area (Å²) in [5, 5.41) is 2.64. The van der Waals surface area contributed by atoms with Crippen molar-refractivity contribution in [2.24, 2.45) is 0 Å². The molecule has 0 unspecified atom stereocenters. The monoisotopic (exact) mass is 353 g/mol. The zero-order valence-electron chi connectivity index (χ0n) is 13.8. The van der Waals surface area contributed by atoms with Gasteiger partial charge >= 0.3 is 6.36 Å². The highest BCUT2D eigenvalue weighted by Crippen LogP contribution is 2.24. The van der Waals surface area contributed by atoms with Gasteiger partial charge in [0.1, 0.15) is 11.5 Å². The number of nitrogens with one attached hydrogen (secondary N) is 1. The molecular formula is C18H18F3NO3. The Hall–Kier alpha value is -2.70. The number of alkyl halides is 3. The van der Waals surface area contributed by atoms with Crippen molar-refractivity contribution < 1.29 is 27.4 Å². The molecule has 0 aliphatic heterocycles. The Labute approximate surface area is 143 Å². The van der Waals surface area contributed by atoms with Crippen LogP contribution in [-0.4, -0.2) is 19.4 Å². The number of methoxy groups -OCH3 is 1. The van der Waals surface area contributed by atoms with Crippen molar-refractivity contribution in [3.05, 3.63) is 53.6 Å². The second kappa shape index (κ2) is 7.92. The lowest BCUT2D eigenvalue weighted by Crippen LogP contribution is -2.17. The molecule has 25 heavy (non-hydrogen) atoms. The summed E-state index contributed by atoms with van der Waals surface area (Å²) in [5.74, 6) is 0.228. The second-order valence-corrected chi connectivity index (χ2v) is 5.42. The largest absolute Gasteiger partial charge is 0.573 e. The van der Waals surface area contributed by atoms with Crippen molar-refractivity contribution in [1.29, 1.82) is 0 Å². The highest BCUT2D eigenvalue weighted by molar-refractivity contribution is 5.90. The molecule has 0 aromatic heterocycles. The molecule has 0 aliphatic rings. The molecule has 2 aromatic rings. The van der Waals surface area contributed by atoms with Crippen molar-refractivity contribution in [2.45, 2.75) is 26.1 Å². The van der Waals surface area contributed by atoms with Gasteiger partial charge in [0.15, 0.2) is 0 Å². The average Bonchev–Trinajstić information content (AvgIpc) is 2.53. The van der Waals surface area contributed by atoms with E-state index in [1.54, 1.807) is 7.11 Å². The number of hydrogen-bond acceptors (Lipinski definition) is 3. The van der Waals surface area contributed by atoms with Crippen molar-refractivity contribution in [3.63, 3.8) is 0 Å². The molecule has 2 rings (SSSR count). The molecule has 0 aliphatic carbocycles. The van der Waals surface area contributed by atoms with Crippen LogP contribution in [0, 0.1) is 6.92 Å². The quantitative estimate of drug-likeness (QED) is 0.833. The van der Waals surface area contributed by atoms with E-state index in [4.69, 9.17) is 4.74 Å². The zero-order valence-corrected chi connectivity index (χ0v) is 13.8. The number of halogens is 3. The maximum absolute atomic E-state index is 12.1. The first kappa shape index (κ1) is 18.6. The molecule has 134 valence electrons. The third-order valence-electron chi connectivity index (χ3n) is 3.47. The first-order valence-electron chi connectivity index (χ1n) is 7.56. The number of carbonyl (C=O) groups excluding carboxylic acids is 1. The minimum Gasteiger partial charge on any atom is -0.496 e. The number of carbonyl (C=O) groups is 1. The predicted octanol–water partition coefficient (Wildman–Crippen LogP) is 4.47. The fourth-order valence-electron chi connectivity index (χ4n) is 2.32. The summed E-state index contributed by atoms with van der Waals surface area (Å²) in [6.45, 7) is 1.92. The number of hydrogen-bond donors (Lipinski definition) is 1. The summed E-state index contributed by atoms with van der Waals surface area (Å²) >= 11 is 0. The fraction of sp³-hybridized carbons (Fsp3) is 0.278. The number of ether oxygens (including phenoxy) is 2. The predicted molar refractivity (Wildman–Crippen MR) is 87.8 cm³/mol. The summed E-state index contributed by atoms with van der Waals surface area (Å²) in [7, 11) is 1.60. The lowest BCUT2D eigenvalue weighted by atomic mass is 10.1. The molecule has 0 heterocycles. The number of anilines is 1. The fourth-order valence-corrected chi connectivity index (χ4v) is 2.32. The van der Waals surface area contributed by atoms with Crippen LogP contribution >= 0.6 is 0 Å². The van der Waals surface area contributed by atoms with E-state index >= 15 is 0 Å². The van der Waals surface area contributed by atoms with E-state index < -0.39 is 6.36 Å². The Bertz CT molecular complexity index is 727. The standard InChI is InChI=1S/C18H18F3NO3/c1-12-11-13(3-9-16(12)24-2)4-10-17(23)22-14-5-7-15(8-6-14)25-18(19,20)21/h3,5-9,11H,4,10H2,1-2H3,(H,22,23). The van der Waals surface area contributed by atoms with Crippen LogP contribution in [0.15, 0.2) is 42.5 Å². The van der Waals surface area contributed by atoms with Crippen LogP contribution in [0.1, 0.15) is 17.5 Å². The van der Waals surface area contributed by atoms with Crippen LogP contribution in [0.4, 0.5) is 18.9 Å². The molecule has 0 fully saturated rings. The van der Waals surface area contributed by atoms with E-state index in [2.05, 4.69) is 10.1 Å². The molecule has 0 atom stereocenters. The van der Waals surface area contributed by atoms with Gasteiger partial charge in [0.2, 0.25) is 5.91 Å². The molecule has 0 saturated carbocycles. The van der Waals surface area contributed by atoms with E-state index in [9.17, 15) is 18.0 Å². The summed E-state index contributed by atoms with van der Waals surface area (Å²) in [4.78, 5) is 12.0. The van der Waals surface area contributed by atoms with E-state index in [0.717, 1.165) is 29.0 Å². The molecule has 0 bridgehead atoms. The van der Waals surface area contributed by atoms with Gasteiger partial charge < -0.3 is 14.8 Å². The summed E-state index contributed by atoms with van der Waals surface area (Å²) < 4.78 is 45.2. The molecule has 0 spiro atoms. The molecule has 1 amide bonds. The van der Waals surface area contributed by atoms with E-state index in [0.29, 0.717) is 12.1 Å². The first-order chi connectivity index (χ1) is 11.8. The molecular weight excluding hydrogens is 335 g/mol. The van der Waals surface area contributed by atoms with Crippen LogP contribution in [0.2, 0.25) is 0 Å². The van der Waals surface area contributed by atoms with Crippen LogP contribution in [0.25, 0.3) is 0 Å². The summed E-state index contributed by atoms with van der Waals surface area (Å²) in [6.07, 6.45) is -3.93. The zero-order chi connectivity index (χ0) is 18.4. The van der Waals surface area contributed by atoms with Crippen molar-refractivity contribution in [3.8, 4) is 11.5 Å². The lowest BCUT2D eigenvalue weighted by Gasteiger charge is -2.10.